The quantitative estimate of drug-likeness (QED) is 0.432. The van der Waals surface area contributed by atoms with E-state index in [2.05, 4.69) is 17.1 Å². The molecule has 28 heavy (non-hydrogen) atoms. The summed E-state index contributed by atoms with van der Waals surface area (Å²) in [4.78, 5) is 4.47. The molecule has 0 bridgehead atoms. The number of halogens is 3. The van der Waals surface area contributed by atoms with Crippen molar-refractivity contribution in [1.29, 1.82) is 0 Å². The number of nitrogens with zero attached hydrogens (tertiary/aromatic N) is 1. The molecule has 1 aromatic heterocycles. The summed E-state index contributed by atoms with van der Waals surface area (Å²) in [7, 11) is 0. The Labute approximate surface area is 173 Å². The van der Waals surface area contributed by atoms with Crippen LogP contribution in [-0.2, 0) is 12.8 Å². The van der Waals surface area contributed by atoms with Crippen LogP contribution in [0.4, 0.5) is 13.2 Å². The van der Waals surface area contributed by atoms with Gasteiger partial charge in [-0.05, 0) is 29.8 Å². The Morgan fingerprint density at radius 2 is 1.64 bits per heavy atom. The van der Waals surface area contributed by atoms with Crippen LogP contribution >= 0.6 is 34.9 Å². The van der Waals surface area contributed by atoms with Crippen LogP contribution in [0.15, 0.2) is 53.9 Å². The second-order valence-electron chi connectivity index (χ2n) is 6.13. The topological polar surface area (TPSA) is 22.1 Å². The highest BCUT2D eigenvalue weighted by Gasteiger charge is 2.30. The first-order chi connectivity index (χ1) is 13.5. The van der Waals surface area contributed by atoms with E-state index in [0.717, 1.165) is 22.9 Å². The molecule has 1 fully saturated rings. The summed E-state index contributed by atoms with van der Waals surface area (Å²) in [5.74, 6) is 3.17. The third kappa shape index (κ3) is 4.67. The molecule has 0 radical (unpaired) electrons. The van der Waals surface area contributed by atoms with Gasteiger partial charge in [0.1, 0.15) is 17.4 Å². The van der Waals surface area contributed by atoms with Crippen molar-refractivity contribution in [2.75, 3.05) is 11.5 Å². The molecule has 1 aliphatic rings. The molecule has 4 rings (SSSR count). The molecule has 0 saturated carbocycles. The van der Waals surface area contributed by atoms with Gasteiger partial charge in [0.25, 0.3) is 0 Å². The molecule has 146 valence electrons. The predicted octanol–water partition coefficient (Wildman–Crippen LogP) is 6.89. The van der Waals surface area contributed by atoms with Crippen molar-refractivity contribution in [3.63, 3.8) is 0 Å². The maximum absolute atomic E-state index is 12.7. The van der Waals surface area contributed by atoms with Crippen LogP contribution in [-0.4, -0.2) is 16.5 Å². The van der Waals surface area contributed by atoms with E-state index in [1.54, 1.807) is 0 Å². The molecule has 2 nitrogen and oxygen atoms in total. The van der Waals surface area contributed by atoms with Crippen LogP contribution < -0.4 is 4.74 Å². The van der Waals surface area contributed by atoms with Crippen LogP contribution in [0.5, 0.6) is 5.75 Å². The van der Waals surface area contributed by atoms with E-state index in [0.29, 0.717) is 22.4 Å². The summed E-state index contributed by atoms with van der Waals surface area (Å²) in [5.41, 5.74) is 1.96. The van der Waals surface area contributed by atoms with Crippen LogP contribution in [0.2, 0.25) is 0 Å². The molecule has 8 heteroatoms. The minimum atomic E-state index is -4.33. The normalized spacial score (nSPS) is 15.1. The van der Waals surface area contributed by atoms with E-state index in [9.17, 15) is 13.2 Å². The number of hydrogen-bond donors (Lipinski definition) is 0. The van der Waals surface area contributed by atoms with Gasteiger partial charge in [0.05, 0.1) is 15.8 Å². The van der Waals surface area contributed by atoms with Crippen molar-refractivity contribution in [3.8, 4) is 17.0 Å². The van der Waals surface area contributed by atoms with E-state index in [-0.39, 0.29) is 0 Å². The minimum Gasteiger partial charge on any atom is -0.486 e. The molecular formula is C20H16F3NOS3. The molecule has 0 spiro atoms. The SMILES string of the molecule is FC(F)(F)c1ccc(-c2csc(COc3ccc(C4SCCS4)cc3)n2)cc1. The summed E-state index contributed by atoms with van der Waals surface area (Å²) >= 11 is 5.36. The molecule has 0 unspecified atom stereocenters. The Hall–Kier alpha value is -1.64. The predicted molar refractivity (Wildman–Crippen MR) is 111 cm³/mol. The molecule has 2 aromatic carbocycles. The molecule has 0 aliphatic carbocycles. The maximum atomic E-state index is 12.7. The second-order valence-corrected chi connectivity index (χ2v) is 9.80. The first kappa shape index (κ1) is 19.7. The smallest absolute Gasteiger partial charge is 0.416 e. The highest BCUT2D eigenvalue weighted by atomic mass is 32.2. The van der Waals surface area contributed by atoms with Crippen molar-refractivity contribution in [2.45, 2.75) is 17.4 Å². The van der Waals surface area contributed by atoms with Crippen LogP contribution in [0.25, 0.3) is 11.3 Å². The Bertz CT molecular complexity index is 917. The summed E-state index contributed by atoms with van der Waals surface area (Å²) < 4.78 is 44.3. The molecule has 0 atom stereocenters. The third-order valence-corrected chi connectivity index (χ3v) is 8.12. The number of hydrogen-bond acceptors (Lipinski definition) is 5. The van der Waals surface area contributed by atoms with Gasteiger partial charge in [-0.25, -0.2) is 4.98 Å². The summed E-state index contributed by atoms with van der Waals surface area (Å²) in [6.07, 6.45) is -4.33. The highest BCUT2D eigenvalue weighted by molar-refractivity contribution is 8.19. The molecule has 3 aromatic rings. The zero-order valence-corrected chi connectivity index (χ0v) is 17.1. The number of benzene rings is 2. The number of rotatable bonds is 5. The molecular weight excluding hydrogens is 423 g/mol. The van der Waals surface area contributed by atoms with E-state index >= 15 is 0 Å². The number of alkyl halides is 3. The fourth-order valence-corrected chi connectivity index (χ4v) is 6.33. The van der Waals surface area contributed by atoms with Gasteiger partial charge in [-0.3, -0.25) is 0 Å². The van der Waals surface area contributed by atoms with Gasteiger partial charge >= 0.3 is 6.18 Å². The van der Waals surface area contributed by atoms with Gasteiger partial charge in [-0.2, -0.15) is 13.2 Å². The highest BCUT2D eigenvalue weighted by Crippen LogP contribution is 2.45. The average molecular weight is 440 g/mol. The number of thiazole rings is 1. The van der Waals surface area contributed by atoms with Crippen molar-refractivity contribution in [2.24, 2.45) is 0 Å². The Morgan fingerprint density at radius 1 is 0.964 bits per heavy atom. The number of ether oxygens (including phenoxy) is 1. The third-order valence-electron chi connectivity index (χ3n) is 4.20. The van der Waals surface area contributed by atoms with Crippen molar-refractivity contribution in [3.05, 3.63) is 70.0 Å². The first-order valence-corrected chi connectivity index (χ1v) is 11.5. The average Bonchev–Trinajstić information content (AvgIpc) is 3.38. The molecule has 0 N–H and O–H groups in total. The lowest BCUT2D eigenvalue weighted by Gasteiger charge is -2.09. The van der Waals surface area contributed by atoms with E-state index < -0.39 is 11.7 Å². The maximum Gasteiger partial charge on any atom is 0.416 e. The van der Waals surface area contributed by atoms with Crippen LogP contribution in [0.1, 0.15) is 20.7 Å². The standard InChI is InChI=1S/C20H16F3NOS3/c21-20(22,23)15-5-1-13(2-6-15)17-12-28-18(24-17)11-25-16-7-3-14(4-8-16)19-26-9-10-27-19/h1-8,12,19H,9-11H2. The van der Waals surface area contributed by atoms with E-state index in [1.165, 1.54) is 40.5 Å². The second kappa shape index (κ2) is 8.39. The van der Waals surface area contributed by atoms with Gasteiger partial charge in [-0.1, -0.05) is 24.3 Å². The van der Waals surface area contributed by atoms with Crippen LogP contribution in [0.3, 0.4) is 0 Å². The summed E-state index contributed by atoms with van der Waals surface area (Å²) in [6.45, 7) is 0.331. The van der Waals surface area contributed by atoms with Gasteiger partial charge < -0.3 is 4.74 Å². The molecule has 1 saturated heterocycles. The molecule has 0 amide bonds. The molecule has 1 aliphatic heterocycles. The van der Waals surface area contributed by atoms with Crippen molar-refractivity contribution >= 4 is 34.9 Å². The monoisotopic (exact) mass is 439 g/mol. The zero-order chi connectivity index (χ0) is 19.6. The molecule has 2 heterocycles. The fraction of sp³-hybridized carbons (Fsp3) is 0.250. The lowest BCUT2D eigenvalue weighted by atomic mass is 10.1. The first-order valence-electron chi connectivity index (χ1n) is 8.57. The van der Waals surface area contributed by atoms with Gasteiger partial charge in [-0.15, -0.1) is 34.9 Å². The fourth-order valence-electron chi connectivity index (χ4n) is 2.76. The van der Waals surface area contributed by atoms with Crippen molar-refractivity contribution < 1.29 is 17.9 Å². The Morgan fingerprint density at radius 3 is 2.29 bits per heavy atom. The lowest BCUT2D eigenvalue weighted by molar-refractivity contribution is -0.137. The Balaban J connectivity index is 1.37. The Kier molecular flexibility index (Phi) is 5.89. The number of aromatic nitrogens is 1. The van der Waals surface area contributed by atoms with Crippen LogP contribution in [0, 0.1) is 0 Å². The van der Waals surface area contributed by atoms with E-state index in [1.807, 2.05) is 41.0 Å². The van der Waals surface area contributed by atoms with Gasteiger partial charge in [0, 0.05) is 22.4 Å². The van der Waals surface area contributed by atoms with Gasteiger partial charge in [0.15, 0.2) is 0 Å². The zero-order valence-electron chi connectivity index (χ0n) is 14.6. The van der Waals surface area contributed by atoms with Crippen molar-refractivity contribution in [1.82, 2.24) is 4.98 Å². The largest absolute Gasteiger partial charge is 0.486 e. The van der Waals surface area contributed by atoms with Gasteiger partial charge in [0.2, 0.25) is 0 Å². The lowest BCUT2D eigenvalue weighted by Crippen LogP contribution is -2.04. The summed E-state index contributed by atoms with van der Waals surface area (Å²) in [5, 5.41) is 2.61. The number of thioether (sulfide) groups is 2. The summed E-state index contributed by atoms with van der Waals surface area (Å²) in [6, 6.07) is 13.2. The van der Waals surface area contributed by atoms with E-state index in [4.69, 9.17) is 4.74 Å². The minimum absolute atomic E-state index is 0.331.